The number of rotatable bonds is 8. The molecule has 3 N–H and O–H groups in total. The van der Waals surface area contributed by atoms with Crippen LogP contribution in [0.25, 0.3) is 0 Å². The van der Waals surface area contributed by atoms with E-state index >= 15 is 0 Å². The first-order chi connectivity index (χ1) is 14.2. The Labute approximate surface area is 173 Å². The van der Waals surface area contributed by atoms with Gasteiger partial charge < -0.3 is 15.9 Å². The molecule has 0 aliphatic heterocycles. The number of hydrogen-bond donors (Lipinski definition) is 2. The van der Waals surface area contributed by atoms with Crippen molar-refractivity contribution in [1.29, 1.82) is 0 Å². The molecule has 150 valence electrons. The lowest BCUT2D eigenvalue weighted by atomic mass is 9.98. The molecular formula is C21H23N5O2S. The Morgan fingerprint density at radius 2 is 1.86 bits per heavy atom. The molecule has 0 saturated heterocycles. The van der Waals surface area contributed by atoms with Crippen LogP contribution in [0.3, 0.4) is 0 Å². The maximum absolute atomic E-state index is 12.7. The van der Waals surface area contributed by atoms with Gasteiger partial charge in [-0.15, -0.1) is 10.2 Å². The summed E-state index contributed by atoms with van der Waals surface area (Å²) in [4.78, 5) is 12.7. The third-order valence-corrected chi connectivity index (χ3v) is 5.80. The van der Waals surface area contributed by atoms with E-state index in [1.54, 1.807) is 7.11 Å². The number of amides is 1. The number of aromatic nitrogens is 3. The predicted octanol–water partition coefficient (Wildman–Crippen LogP) is 2.88. The molecule has 1 saturated carbocycles. The molecule has 0 unspecified atom stereocenters. The maximum Gasteiger partial charge on any atom is 0.231 e. The lowest BCUT2D eigenvalue weighted by Crippen LogP contribution is -2.31. The van der Waals surface area contributed by atoms with Gasteiger partial charge in [-0.2, -0.15) is 0 Å². The van der Waals surface area contributed by atoms with E-state index in [4.69, 9.17) is 10.6 Å². The second-order valence-electron chi connectivity index (χ2n) is 6.96. The Bertz CT molecular complexity index is 970. The second kappa shape index (κ2) is 8.57. The summed E-state index contributed by atoms with van der Waals surface area (Å²) in [5, 5.41) is 12.0. The number of methoxy groups -OCH3 is 1. The smallest absolute Gasteiger partial charge is 0.231 e. The Balaban J connectivity index is 1.46. The minimum Gasteiger partial charge on any atom is -0.497 e. The van der Waals surface area contributed by atoms with Crippen molar-refractivity contribution in [3.8, 4) is 5.75 Å². The number of nitrogens with one attached hydrogen (secondary N) is 1. The van der Waals surface area contributed by atoms with Crippen LogP contribution in [0.2, 0.25) is 0 Å². The van der Waals surface area contributed by atoms with Gasteiger partial charge in [0.2, 0.25) is 11.1 Å². The average molecular weight is 410 g/mol. The van der Waals surface area contributed by atoms with Crippen molar-refractivity contribution in [3.05, 3.63) is 71.5 Å². The molecule has 1 aromatic heterocycles. The first-order valence-corrected chi connectivity index (χ1v) is 10.5. The Hall–Kier alpha value is -3.00. The van der Waals surface area contributed by atoms with Crippen LogP contribution in [0.5, 0.6) is 5.75 Å². The molecule has 8 heteroatoms. The van der Waals surface area contributed by atoms with Crippen molar-refractivity contribution in [3.63, 3.8) is 0 Å². The van der Waals surface area contributed by atoms with Crippen molar-refractivity contribution in [2.45, 2.75) is 30.0 Å². The zero-order valence-corrected chi connectivity index (χ0v) is 16.9. The number of thioether (sulfide) groups is 1. The molecular weight excluding hydrogens is 386 g/mol. The van der Waals surface area contributed by atoms with Crippen LogP contribution in [0.1, 0.15) is 41.8 Å². The van der Waals surface area contributed by atoms with Crippen LogP contribution in [0.15, 0.2) is 59.8 Å². The molecule has 2 aromatic carbocycles. The van der Waals surface area contributed by atoms with Crippen LogP contribution < -0.4 is 15.9 Å². The Kier molecular flexibility index (Phi) is 5.71. The molecule has 4 rings (SSSR count). The van der Waals surface area contributed by atoms with E-state index in [1.165, 1.54) is 16.4 Å². The van der Waals surface area contributed by atoms with Crippen LogP contribution >= 0.6 is 11.8 Å². The molecule has 0 bridgehead atoms. The number of carbonyl (C=O) groups excluding carboxylic acids is 1. The van der Waals surface area contributed by atoms with Crippen LogP contribution in [-0.2, 0) is 4.79 Å². The number of ether oxygens (including phenoxy) is 1. The highest BCUT2D eigenvalue weighted by Gasteiger charge is 2.30. The van der Waals surface area contributed by atoms with E-state index in [0.717, 1.165) is 35.5 Å². The number of benzene rings is 2. The topological polar surface area (TPSA) is 95.1 Å². The van der Waals surface area contributed by atoms with E-state index < -0.39 is 0 Å². The Morgan fingerprint density at radius 1 is 1.17 bits per heavy atom. The Morgan fingerprint density at radius 3 is 2.52 bits per heavy atom. The van der Waals surface area contributed by atoms with Crippen LogP contribution in [0, 0.1) is 0 Å². The van der Waals surface area contributed by atoms with E-state index in [1.807, 2.05) is 54.6 Å². The van der Waals surface area contributed by atoms with Crippen molar-refractivity contribution >= 4 is 17.7 Å². The van der Waals surface area contributed by atoms with Crippen molar-refractivity contribution in [2.75, 3.05) is 18.7 Å². The fraction of sp³-hybridized carbons (Fsp3) is 0.286. The van der Waals surface area contributed by atoms with Crippen molar-refractivity contribution < 1.29 is 9.53 Å². The summed E-state index contributed by atoms with van der Waals surface area (Å²) in [6.07, 6.45) is 2.20. The van der Waals surface area contributed by atoms with Gasteiger partial charge in [0.1, 0.15) is 5.75 Å². The van der Waals surface area contributed by atoms with Gasteiger partial charge in [-0.1, -0.05) is 54.2 Å². The van der Waals surface area contributed by atoms with Gasteiger partial charge in [0.15, 0.2) is 5.82 Å². The monoisotopic (exact) mass is 409 g/mol. The van der Waals surface area contributed by atoms with Crippen molar-refractivity contribution in [2.24, 2.45) is 0 Å². The minimum atomic E-state index is -0.257. The van der Waals surface area contributed by atoms with Gasteiger partial charge in [0.25, 0.3) is 0 Å². The van der Waals surface area contributed by atoms with E-state index in [9.17, 15) is 4.79 Å². The maximum atomic E-state index is 12.7. The summed E-state index contributed by atoms with van der Waals surface area (Å²) in [6, 6.07) is 17.3. The molecule has 1 amide bonds. The summed E-state index contributed by atoms with van der Waals surface area (Å²) >= 11 is 1.29. The highest BCUT2D eigenvalue weighted by atomic mass is 32.2. The number of hydrogen-bond acceptors (Lipinski definition) is 6. The predicted molar refractivity (Wildman–Crippen MR) is 112 cm³/mol. The molecule has 1 fully saturated rings. The van der Waals surface area contributed by atoms with E-state index in [0.29, 0.717) is 11.1 Å². The van der Waals surface area contributed by atoms with E-state index in [-0.39, 0.29) is 17.7 Å². The summed E-state index contributed by atoms with van der Waals surface area (Å²) in [5.41, 5.74) is 1.99. The lowest BCUT2D eigenvalue weighted by molar-refractivity contribution is -0.119. The summed E-state index contributed by atoms with van der Waals surface area (Å²) in [7, 11) is 1.63. The number of nitrogens with zero attached hydrogens (tertiary/aromatic N) is 3. The SMILES string of the molecule is COc1ccc([C@H](NC(=O)CSc2nnc(C3CC3)n2N)c2ccccc2)cc1. The zero-order valence-electron chi connectivity index (χ0n) is 16.1. The number of carbonyl (C=O) groups is 1. The zero-order chi connectivity index (χ0) is 20.2. The summed E-state index contributed by atoms with van der Waals surface area (Å²) in [5.74, 6) is 8.16. The van der Waals surface area contributed by atoms with Gasteiger partial charge in [-0.05, 0) is 36.1 Å². The highest BCUT2D eigenvalue weighted by Crippen LogP contribution is 2.39. The second-order valence-corrected chi connectivity index (χ2v) is 7.90. The molecule has 1 heterocycles. The average Bonchev–Trinajstić information content (AvgIpc) is 3.54. The molecule has 3 aromatic rings. The molecule has 1 aliphatic carbocycles. The van der Waals surface area contributed by atoms with E-state index in [2.05, 4.69) is 15.5 Å². The van der Waals surface area contributed by atoms with Gasteiger partial charge in [0.05, 0.1) is 18.9 Å². The molecule has 1 aliphatic rings. The normalized spacial score (nSPS) is 14.4. The number of nitrogens with two attached hydrogens (primary N) is 1. The summed E-state index contributed by atoms with van der Waals surface area (Å²) < 4.78 is 6.75. The van der Waals surface area contributed by atoms with Crippen molar-refractivity contribution in [1.82, 2.24) is 20.2 Å². The molecule has 7 nitrogen and oxygen atoms in total. The van der Waals surface area contributed by atoms with Gasteiger partial charge in [-0.3, -0.25) is 4.79 Å². The molecule has 1 atom stereocenters. The van der Waals surface area contributed by atoms with Gasteiger partial charge in [-0.25, -0.2) is 4.68 Å². The van der Waals surface area contributed by atoms with Gasteiger partial charge in [0, 0.05) is 5.92 Å². The molecule has 0 spiro atoms. The first-order valence-electron chi connectivity index (χ1n) is 9.47. The fourth-order valence-electron chi connectivity index (χ4n) is 3.14. The van der Waals surface area contributed by atoms with Gasteiger partial charge >= 0.3 is 0 Å². The van der Waals surface area contributed by atoms with Crippen LogP contribution in [0.4, 0.5) is 0 Å². The third kappa shape index (κ3) is 4.54. The molecule has 0 radical (unpaired) electrons. The lowest BCUT2D eigenvalue weighted by Gasteiger charge is -2.20. The molecule has 29 heavy (non-hydrogen) atoms. The first kappa shape index (κ1) is 19.3. The highest BCUT2D eigenvalue weighted by molar-refractivity contribution is 7.99. The third-order valence-electron chi connectivity index (χ3n) is 4.85. The fourth-order valence-corrected chi connectivity index (χ4v) is 3.82. The summed E-state index contributed by atoms with van der Waals surface area (Å²) in [6.45, 7) is 0. The largest absolute Gasteiger partial charge is 0.497 e. The quantitative estimate of drug-likeness (QED) is 0.439. The standard InChI is InChI=1S/C21H23N5O2S/c1-28-17-11-9-15(10-12-17)19(14-5-3-2-4-6-14)23-18(27)13-29-21-25-24-20(26(21)22)16-7-8-16/h2-6,9-12,16,19H,7-8,13,22H2,1H3,(H,23,27)/t19-/m1/s1. The minimum absolute atomic E-state index is 0.101. The number of nitrogen functional groups attached to an aromatic ring is 1. The van der Waals surface area contributed by atoms with Crippen LogP contribution in [-0.4, -0.2) is 33.6 Å².